The number of halogens is 2. The standard InChI is InChI=1S/C12H13BrFN3O2/c13-7-5-8(14)9(15)4-6(7)11(18)17-10-2-1-3-16-12(10)19/h4-5,10H,1-3,15H2,(H,16,19)(H,17,18). The molecule has 19 heavy (non-hydrogen) atoms. The highest BCUT2D eigenvalue weighted by Crippen LogP contribution is 2.23. The van der Waals surface area contributed by atoms with Crippen LogP contribution in [0.2, 0.25) is 0 Å². The zero-order chi connectivity index (χ0) is 14.0. The molecule has 2 amide bonds. The first-order valence-electron chi connectivity index (χ1n) is 5.82. The van der Waals surface area contributed by atoms with Crippen molar-refractivity contribution >= 4 is 33.4 Å². The Labute approximate surface area is 117 Å². The molecule has 1 heterocycles. The Balaban J connectivity index is 2.16. The smallest absolute Gasteiger partial charge is 0.253 e. The van der Waals surface area contributed by atoms with Crippen LogP contribution < -0.4 is 16.4 Å². The number of hydrogen-bond acceptors (Lipinski definition) is 3. The molecule has 0 aliphatic carbocycles. The highest BCUT2D eigenvalue weighted by Gasteiger charge is 2.25. The van der Waals surface area contributed by atoms with Crippen LogP contribution in [0.1, 0.15) is 23.2 Å². The van der Waals surface area contributed by atoms with E-state index in [4.69, 9.17) is 5.73 Å². The Morgan fingerprint density at radius 3 is 2.95 bits per heavy atom. The zero-order valence-electron chi connectivity index (χ0n) is 10.0. The van der Waals surface area contributed by atoms with Gasteiger partial charge in [-0.2, -0.15) is 0 Å². The Morgan fingerprint density at radius 1 is 1.53 bits per heavy atom. The maximum absolute atomic E-state index is 13.2. The largest absolute Gasteiger partial charge is 0.396 e. The summed E-state index contributed by atoms with van der Waals surface area (Å²) in [4.78, 5) is 23.6. The second kappa shape index (κ2) is 5.56. The average Bonchev–Trinajstić information content (AvgIpc) is 2.36. The van der Waals surface area contributed by atoms with Gasteiger partial charge in [-0.1, -0.05) is 0 Å². The van der Waals surface area contributed by atoms with Gasteiger partial charge in [-0.15, -0.1) is 0 Å². The van der Waals surface area contributed by atoms with Crippen LogP contribution in [-0.2, 0) is 4.79 Å². The minimum atomic E-state index is -0.598. The van der Waals surface area contributed by atoms with E-state index in [9.17, 15) is 14.0 Å². The lowest BCUT2D eigenvalue weighted by Crippen LogP contribution is -2.50. The molecule has 2 rings (SSSR count). The second-order valence-corrected chi connectivity index (χ2v) is 5.17. The van der Waals surface area contributed by atoms with Crippen molar-refractivity contribution in [1.82, 2.24) is 10.6 Å². The normalized spacial score (nSPS) is 18.8. The van der Waals surface area contributed by atoms with Gasteiger partial charge < -0.3 is 16.4 Å². The first kappa shape index (κ1) is 13.8. The van der Waals surface area contributed by atoms with E-state index in [2.05, 4.69) is 26.6 Å². The number of piperidine rings is 1. The molecule has 4 N–H and O–H groups in total. The predicted octanol–water partition coefficient (Wildman–Crippen LogP) is 1.18. The Kier molecular flexibility index (Phi) is 4.04. The number of carbonyl (C=O) groups excluding carboxylic acids is 2. The molecule has 1 unspecified atom stereocenters. The quantitative estimate of drug-likeness (QED) is 0.712. The molecule has 1 fully saturated rings. The number of carbonyl (C=O) groups is 2. The topological polar surface area (TPSA) is 84.2 Å². The third kappa shape index (κ3) is 3.04. The van der Waals surface area contributed by atoms with Crippen LogP contribution in [0.3, 0.4) is 0 Å². The molecule has 1 saturated heterocycles. The van der Waals surface area contributed by atoms with E-state index in [1.54, 1.807) is 0 Å². The summed E-state index contributed by atoms with van der Waals surface area (Å²) in [5.74, 6) is -1.26. The molecule has 0 aromatic heterocycles. The Bertz CT molecular complexity index is 536. The Morgan fingerprint density at radius 2 is 2.26 bits per heavy atom. The fourth-order valence-electron chi connectivity index (χ4n) is 1.89. The number of anilines is 1. The van der Waals surface area contributed by atoms with Crippen LogP contribution in [-0.4, -0.2) is 24.4 Å². The lowest BCUT2D eigenvalue weighted by Gasteiger charge is -2.23. The lowest BCUT2D eigenvalue weighted by atomic mass is 10.1. The summed E-state index contributed by atoms with van der Waals surface area (Å²) < 4.78 is 13.5. The fourth-order valence-corrected chi connectivity index (χ4v) is 2.38. The molecule has 1 atom stereocenters. The van der Waals surface area contributed by atoms with Crippen molar-refractivity contribution in [2.75, 3.05) is 12.3 Å². The number of rotatable bonds is 2. The van der Waals surface area contributed by atoms with Crippen molar-refractivity contribution in [3.63, 3.8) is 0 Å². The molecule has 1 aromatic rings. The van der Waals surface area contributed by atoms with Gasteiger partial charge in [-0.05, 0) is 40.9 Å². The maximum Gasteiger partial charge on any atom is 0.253 e. The highest BCUT2D eigenvalue weighted by molar-refractivity contribution is 9.10. The van der Waals surface area contributed by atoms with Gasteiger partial charge in [0.15, 0.2) is 0 Å². The van der Waals surface area contributed by atoms with Gasteiger partial charge in [-0.3, -0.25) is 9.59 Å². The van der Waals surface area contributed by atoms with E-state index in [1.807, 2.05) is 0 Å². The molecule has 1 aliphatic rings. The molecule has 1 aliphatic heterocycles. The molecule has 7 heteroatoms. The van der Waals surface area contributed by atoms with Gasteiger partial charge >= 0.3 is 0 Å². The summed E-state index contributed by atoms with van der Waals surface area (Å²) in [5.41, 5.74) is 5.53. The number of hydrogen-bond donors (Lipinski definition) is 3. The van der Waals surface area contributed by atoms with E-state index in [-0.39, 0.29) is 17.2 Å². The summed E-state index contributed by atoms with van der Waals surface area (Å²) in [6, 6.07) is 1.82. The molecule has 0 saturated carbocycles. The van der Waals surface area contributed by atoms with E-state index in [0.29, 0.717) is 17.4 Å². The Hall–Kier alpha value is -1.63. The third-order valence-electron chi connectivity index (χ3n) is 2.92. The monoisotopic (exact) mass is 329 g/mol. The van der Waals surface area contributed by atoms with Gasteiger partial charge in [0.05, 0.1) is 11.3 Å². The first-order chi connectivity index (χ1) is 8.99. The van der Waals surface area contributed by atoms with E-state index >= 15 is 0 Å². The summed E-state index contributed by atoms with van der Waals surface area (Å²) in [6.45, 7) is 0.623. The molecule has 0 spiro atoms. The molecule has 0 radical (unpaired) electrons. The van der Waals surface area contributed by atoms with E-state index in [1.165, 1.54) is 6.07 Å². The molecular weight excluding hydrogens is 317 g/mol. The van der Waals surface area contributed by atoms with Crippen LogP contribution in [0.4, 0.5) is 10.1 Å². The molecule has 5 nitrogen and oxygen atoms in total. The summed E-state index contributed by atoms with van der Waals surface area (Å²) >= 11 is 3.10. The number of nitrogen functional groups attached to an aromatic ring is 1. The van der Waals surface area contributed by atoms with Gasteiger partial charge in [-0.25, -0.2) is 4.39 Å². The maximum atomic E-state index is 13.2. The van der Waals surface area contributed by atoms with Gasteiger partial charge in [0, 0.05) is 11.0 Å². The third-order valence-corrected chi connectivity index (χ3v) is 3.58. The first-order valence-corrected chi connectivity index (χ1v) is 6.61. The predicted molar refractivity (Wildman–Crippen MR) is 72.0 cm³/mol. The van der Waals surface area contributed by atoms with Crippen LogP contribution in [0.25, 0.3) is 0 Å². The van der Waals surface area contributed by atoms with Gasteiger partial charge in [0.2, 0.25) is 5.91 Å². The minimum Gasteiger partial charge on any atom is -0.396 e. The van der Waals surface area contributed by atoms with Crippen molar-refractivity contribution in [2.24, 2.45) is 0 Å². The van der Waals surface area contributed by atoms with Crippen molar-refractivity contribution in [3.05, 3.63) is 28.0 Å². The average molecular weight is 330 g/mol. The number of benzene rings is 1. The van der Waals surface area contributed by atoms with Crippen molar-refractivity contribution in [3.8, 4) is 0 Å². The highest BCUT2D eigenvalue weighted by atomic mass is 79.9. The fraction of sp³-hybridized carbons (Fsp3) is 0.333. The van der Waals surface area contributed by atoms with Crippen LogP contribution in [0, 0.1) is 5.82 Å². The van der Waals surface area contributed by atoms with Crippen LogP contribution >= 0.6 is 15.9 Å². The summed E-state index contributed by atoms with van der Waals surface area (Å²) in [7, 11) is 0. The van der Waals surface area contributed by atoms with Crippen molar-refractivity contribution < 1.29 is 14.0 Å². The number of nitrogens with one attached hydrogen (secondary N) is 2. The minimum absolute atomic E-state index is 0.110. The SMILES string of the molecule is Nc1cc(C(=O)NC2CCCNC2=O)c(Br)cc1F. The van der Waals surface area contributed by atoms with Crippen LogP contribution in [0.5, 0.6) is 0 Å². The van der Waals surface area contributed by atoms with Crippen molar-refractivity contribution in [1.29, 1.82) is 0 Å². The second-order valence-electron chi connectivity index (χ2n) is 4.31. The van der Waals surface area contributed by atoms with Crippen molar-refractivity contribution in [2.45, 2.75) is 18.9 Å². The number of amides is 2. The molecule has 1 aromatic carbocycles. The molecule has 102 valence electrons. The summed E-state index contributed by atoms with van der Waals surface area (Å²) in [5, 5.41) is 5.29. The lowest BCUT2D eigenvalue weighted by molar-refractivity contribution is -0.124. The van der Waals surface area contributed by atoms with Crippen LogP contribution in [0.15, 0.2) is 16.6 Å². The van der Waals surface area contributed by atoms with Gasteiger partial charge in [0.1, 0.15) is 11.9 Å². The number of nitrogens with two attached hydrogens (primary N) is 1. The van der Waals surface area contributed by atoms with Gasteiger partial charge in [0.25, 0.3) is 5.91 Å². The van der Waals surface area contributed by atoms with E-state index < -0.39 is 17.8 Å². The molecule has 0 bridgehead atoms. The molecular formula is C12H13BrFN3O2. The zero-order valence-corrected chi connectivity index (χ0v) is 11.6. The van der Waals surface area contributed by atoms with E-state index in [0.717, 1.165) is 12.5 Å². The summed E-state index contributed by atoms with van der Waals surface area (Å²) in [6.07, 6.45) is 1.40.